The Hall–Kier alpha value is -2.64. The number of aliphatic hydroxyl groups excluding tert-OH is 1. The van der Waals surface area contributed by atoms with Gasteiger partial charge in [-0.15, -0.1) is 0 Å². The van der Waals surface area contributed by atoms with Crippen LogP contribution in [0, 0.1) is 0 Å². The predicted molar refractivity (Wildman–Crippen MR) is 102 cm³/mol. The van der Waals surface area contributed by atoms with E-state index in [1.165, 1.54) is 21.3 Å². The van der Waals surface area contributed by atoms with E-state index >= 15 is 0 Å². The van der Waals surface area contributed by atoms with Gasteiger partial charge in [-0.1, -0.05) is 17.7 Å². The van der Waals surface area contributed by atoms with E-state index in [-0.39, 0.29) is 13.2 Å². The molecule has 0 aromatic heterocycles. The maximum absolute atomic E-state index is 12.4. The van der Waals surface area contributed by atoms with Gasteiger partial charge in [0.15, 0.2) is 6.04 Å². The number of carbonyl (C=O) groups excluding carboxylic acids is 1. The zero-order valence-corrected chi connectivity index (χ0v) is 16.1. The van der Waals surface area contributed by atoms with Crippen LogP contribution < -0.4 is 19.5 Å². The van der Waals surface area contributed by atoms with Crippen LogP contribution in [0.1, 0.15) is 11.6 Å². The first-order chi connectivity index (χ1) is 13.0. The Morgan fingerprint density at radius 1 is 1.11 bits per heavy atom. The van der Waals surface area contributed by atoms with Gasteiger partial charge in [-0.05, 0) is 12.1 Å². The summed E-state index contributed by atoms with van der Waals surface area (Å²) in [6.07, 6.45) is 0. The fraction of sp³-hybridized carbons (Fsp3) is 0.316. The van der Waals surface area contributed by atoms with Gasteiger partial charge in [0, 0.05) is 34.5 Å². The third kappa shape index (κ3) is 5.42. The molecule has 8 heteroatoms. The highest BCUT2D eigenvalue weighted by molar-refractivity contribution is 6.30. The van der Waals surface area contributed by atoms with Gasteiger partial charge in [0.1, 0.15) is 23.9 Å². The second kappa shape index (κ2) is 9.89. The van der Waals surface area contributed by atoms with Crippen LogP contribution in [0.3, 0.4) is 0 Å². The Kier molecular flexibility index (Phi) is 7.57. The molecule has 2 N–H and O–H groups in total. The van der Waals surface area contributed by atoms with Crippen molar-refractivity contribution >= 4 is 23.3 Å². The molecule has 0 radical (unpaired) electrons. The fourth-order valence-electron chi connectivity index (χ4n) is 2.49. The van der Waals surface area contributed by atoms with Crippen LogP contribution in [-0.4, -0.2) is 45.6 Å². The van der Waals surface area contributed by atoms with Crippen molar-refractivity contribution in [3.8, 4) is 17.2 Å². The summed E-state index contributed by atoms with van der Waals surface area (Å²) in [5.41, 5.74) is 1.13. The minimum atomic E-state index is -0.847. The number of anilines is 1. The Bertz CT molecular complexity index is 783. The number of nitrogens with one attached hydrogen (secondary N) is 1. The monoisotopic (exact) mass is 395 g/mol. The average Bonchev–Trinajstić information content (AvgIpc) is 2.69. The van der Waals surface area contributed by atoms with E-state index in [9.17, 15) is 4.79 Å². The number of rotatable bonds is 9. The summed E-state index contributed by atoms with van der Waals surface area (Å²) >= 11 is 6.01. The van der Waals surface area contributed by atoms with E-state index in [1.54, 1.807) is 36.4 Å². The molecular formula is C19H22ClNO6. The number of hydrogen-bond acceptors (Lipinski definition) is 7. The highest BCUT2D eigenvalue weighted by Crippen LogP contribution is 2.33. The molecule has 0 aliphatic carbocycles. The van der Waals surface area contributed by atoms with Crippen molar-refractivity contribution in [3.05, 3.63) is 47.0 Å². The minimum absolute atomic E-state index is 0.118. The fourth-order valence-corrected chi connectivity index (χ4v) is 2.65. The molecule has 0 saturated carbocycles. The highest BCUT2D eigenvalue weighted by atomic mass is 35.5. The molecule has 0 fully saturated rings. The van der Waals surface area contributed by atoms with E-state index in [1.807, 2.05) is 0 Å². The molecule has 0 aliphatic heterocycles. The standard InChI is InChI=1S/C19H22ClNO6/c1-24-14-9-13(10-15(11-14)27-7-6-22)21-18(19(23)26-3)16-5-4-12(20)8-17(16)25-2/h4-5,8-11,18,21-22H,6-7H2,1-3H3. The lowest BCUT2D eigenvalue weighted by molar-refractivity contribution is -0.141. The molecule has 0 heterocycles. The maximum Gasteiger partial charge on any atom is 0.333 e. The quantitative estimate of drug-likeness (QED) is 0.631. The summed E-state index contributed by atoms with van der Waals surface area (Å²) in [6.45, 7) is 0.0186. The summed E-state index contributed by atoms with van der Waals surface area (Å²) in [5, 5.41) is 12.5. The number of aliphatic hydroxyl groups is 1. The number of halogens is 1. The first-order valence-corrected chi connectivity index (χ1v) is 8.50. The molecule has 0 saturated heterocycles. The summed E-state index contributed by atoms with van der Waals surface area (Å²) in [6, 6.07) is 9.21. The predicted octanol–water partition coefficient (Wildman–Crippen LogP) is 3.05. The average molecular weight is 396 g/mol. The molecular weight excluding hydrogens is 374 g/mol. The molecule has 0 amide bonds. The smallest absolute Gasteiger partial charge is 0.333 e. The number of hydrogen-bond donors (Lipinski definition) is 2. The second-order valence-electron chi connectivity index (χ2n) is 5.46. The van der Waals surface area contributed by atoms with Gasteiger partial charge in [0.25, 0.3) is 0 Å². The van der Waals surface area contributed by atoms with Crippen molar-refractivity contribution < 1.29 is 28.8 Å². The molecule has 1 atom stereocenters. The highest BCUT2D eigenvalue weighted by Gasteiger charge is 2.25. The normalized spacial score (nSPS) is 11.4. The van der Waals surface area contributed by atoms with E-state index < -0.39 is 12.0 Å². The first-order valence-electron chi connectivity index (χ1n) is 8.13. The third-order valence-electron chi connectivity index (χ3n) is 3.73. The zero-order chi connectivity index (χ0) is 19.8. The van der Waals surface area contributed by atoms with Gasteiger partial charge < -0.3 is 29.4 Å². The van der Waals surface area contributed by atoms with Crippen molar-refractivity contribution in [1.82, 2.24) is 0 Å². The van der Waals surface area contributed by atoms with Gasteiger partial charge in [-0.3, -0.25) is 0 Å². The SMILES string of the molecule is COC(=O)C(Nc1cc(OC)cc(OCCO)c1)c1ccc(Cl)cc1OC. The van der Waals surface area contributed by atoms with E-state index in [0.717, 1.165) is 0 Å². The molecule has 27 heavy (non-hydrogen) atoms. The molecule has 0 bridgehead atoms. The van der Waals surface area contributed by atoms with Gasteiger partial charge >= 0.3 is 5.97 Å². The summed E-state index contributed by atoms with van der Waals surface area (Å²) in [4.78, 5) is 12.4. The topological polar surface area (TPSA) is 86.3 Å². The van der Waals surface area contributed by atoms with Crippen molar-refractivity contribution in [2.24, 2.45) is 0 Å². The molecule has 2 rings (SSSR count). The molecule has 0 spiro atoms. The van der Waals surface area contributed by atoms with E-state index in [0.29, 0.717) is 33.5 Å². The summed E-state index contributed by atoms with van der Waals surface area (Å²) < 4.78 is 21.0. The molecule has 7 nitrogen and oxygen atoms in total. The van der Waals surface area contributed by atoms with E-state index in [2.05, 4.69) is 5.32 Å². The molecule has 1 unspecified atom stereocenters. The molecule has 0 aliphatic rings. The number of esters is 1. The second-order valence-corrected chi connectivity index (χ2v) is 5.89. The van der Waals surface area contributed by atoms with Crippen LogP contribution in [-0.2, 0) is 9.53 Å². The van der Waals surface area contributed by atoms with Gasteiger partial charge in [0.2, 0.25) is 0 Å². The Labute approximate surface area is 162 Å². The van der Waals surface area contributed by atoms with Crippen molar-refractivity contribution in [2.45, 2.75) is 6.04 Å². The third-order valence-corrected chi connectivity index (χ3v) is 3.97. The van der Waals surface area contributed by atoms with Gasteiger partial charge in [0.05, 0.1) is 27.9 Å². The molecule has 2 aromatic rings. The number of benzene rings is 2. The van der Waals surface area contributed by atoms with Crippen LogP contribution in [0.5, 0.6) is 17.2 Å². The number of ether oxygens (including phenoxy) is 4. The number of methoxy groups -OCH3 is 3. The first kappa shape index (κ1) is 20.7. The summed E-state index contributed by atoms with van der Waals surface area (Å²) in [7, 11) is 4.33. The van der Waals surface area contributed by atoms with Gasteiger partial charge in [-0.25, -0.2) is 4.79 Å². The van der Waals surface area contributed by atoms with Crippen molar-refractivity contribution in [1.29, 1.82) is 0 Å². The van der Waals surface area contributed by atoms with E-state index in [4.69, 9.17) is 35.7 Å². The van der Waals surface area contributed by atoms with Crippen LogP contribution in [0.15, 0.2) is 36.4 Å². The van der Waals surface area contributed by atoms with Crippen LogP contribution in [0.4, 0.5) is 5.69 Å². The van der Waals surface area contributed by atoms with Crippen LogP contribution in [0.25, 0.3) is 0 Å². The Balaban J connectivity index is 2.41. The zero-order valence-electron chi connectivity index (χ0n) is 15.3. The Morgan fingerprint density at radius 2 is 1.85 bits per heavy atom. The lowest BCUT2D eigenvalue weighted by Crippen LogP contribution is -2.23. The lowest BCUT2D eigenvalue weighted by atomic mass is 10.0. The largest absolute Gasteiger partial charge is 0.497 e. The molecule has 2 aromatic carbocycles. The van der Waals surface area contributed by atoms with Gasteiger partial charge in [-0.2, -0.15) is 0 Å². The lowest BCUT2D eigenvalue weighted by Gasteiger charge is -2.21. The van der Waals surface area contributed by atoms with Crippen LogP contribution >= 0.6 is 11.6 Å². The summed E-state index contributed by atoms with van der Waals surface area (Å²) in [5.74, 6) is 0.957. The van der Waals surface area contributed by atoms with Crippen LogP contribution in [0.2, 0.25) is 5.02 Å². The number of carbonyl (C=O) groups is 1. The van der Waals surface area contributed by atoms with Crippen molar-refractivity contribution in [3.63, 3.8) is 0 Å². The van der Waals surface area contributed by atoms with Crippen molar-refractivity contribution in [2.75, 3.05) is 39.9 Å². The molecule has 146 valence electrons. The Morgan fingerprint density at radius 3 is 2.48 bits per heavy atom. The maximum atomic E-state index is 12.4. The minimum Gasteiger partial charge on any atom is -0.497 e.